The molecular weight excluding hydrogens is 338 g/mol. The van der Waals surface area contributed by atoms with Gasteiger partial charge in [-0.05, 0) is 74.7 Å². The van der Waals surface area contributed by atoms with Gasteiger partial charge in [-0.15, -0.1) is 0 Å². The van der Waals surface area contributed by atoms with E-state index in [2.05, 4.69) is 34.0 Å². The van der Waals surface area contributed by atoms with Crippen molar-refractivity contribution in [1.82, 2.24) is 10.5 Å². The Hall–Kier alpha value is -2.14. The standard InChI is InChI=1S/C22H29N3O2/c1-15-13-21(25-27-15)22(26)24-20-8-7-18(16-9-11-23-12-10-16)14-19(20)17-5-3-2-4-6-17/h7-8,13-14,16-17,23H,2-6,9-12H2,1H3,(H,24,26). The number of hydrogen-bond donors (Lipinski definition) is 2. The van der Waals surface area contributed by atoms with E-state index in [-0.39, 0.29) is 5.91 Å². The minimum atomic E-state index is -0.196. The average Bonchev–Trinajstić information content (AvgIpc) is 3.16. The molecule has 2 heterocycles. The van der Waals surface area contributed by atoms with E-state index in [0.717, 1.165) is 18.8 Å². The lowest BCUT2D eigenvalue weighted by atomic mass is 9.80. The molecule has 1 saturated carbocycles. The maximum absolute atomic E-state index is 12.6. The van der Waals surface area contributed by atoms with Crippen molar-refractivity contribution in [2.45, 2.75) is 63.7 Å². The van der Waals surface area contributed by atoms with Crippen LogP contribution in [0, 0.1) is 6.92 Å². The zero-order valence-electron chi connectivity index (χ0n) is 16.1. The summed E-state index contributed by atoms with van der Waals surface area (Å²) in [5.41, 5.74) is 4.00. The third-order valence-corrected chi connectivity index (χ3v) is 6.04. The number of nitrogens with zero attached hydrogens (tertiary/aromatic N) is 1. The minimum Gasteiger partial charge on any atom is -0.361 e. The van der Waals surface area contributed by atoms with Gasteiger partial charge in [0.2, 0.25) is 0 Å². The van der Waals surface area contributed by atoms with Crippen molar-refractivity contribution in [3.63, 3.8) is 0 Å². The molecule has 2 fully saturated rings. The number of anilines is 1. The maximum atomic E-state index is 12.6. The van der Waals surface area contributed by atoms with Crippen molar-refractivity contribution in [2.24, 2.45) is 0 Å². The molecule has 0 spiro atoms. The number of aromatic nitrogens is 1. The number of amides is 1. The Bertz CT molecular complexity index is 787. The highest BCUT2D eigenvalue weighted by Gasteiger charge is 2.23. The van der Waals surface area contributed by atoms with Crippen LogP contribution in [0.2, 0.25) is 0 Å². The molecule has 1 aromatic carbocycles. The Balaban J connectivity index is 1.61. The van der Waals surface area contributed by atoms with E-state index in [9.17, 15) is 4.79 Å². The van der Waals surface area contributed by atoms with Gasteiger partial charge in [0.15, 0.2) is 5.69 Å². The first-order chi connectivity index (χ1) is 13.2. The van der Waals surface area contributed by atoms with Crippen LogP contribution in [0.25, 0.3) is 0 Å². The Morgan fingerprint density at radius 3 is 2.56 bits per heavy atom. The highest BCUT2D eigenvalue weighted by Crippen LogP contribution is 2.39. The molecule has 0 bridgehead atoms. The lowest BCUT2D eigenvalue weighted by Crippen LogP contribution is -2.26. The fraction of sp³-hybridized carbons (Fsp3) is 0.545. The molecule has 2 N–H and O–H groups in total. The monoisotopic (exact) mass is 367 g/mol. The van der Waals surface area contributed by atoms with Crippen LogP contribution < -0.4 is 10.6 Å². The van der Waals surface area contributed by atoms with Gasteiger partial charge in [-0.2, -0.15) is 0 Å². The zero-order valence-corrected chi connectivity index (χ0v) is 16.1. The Labute approximate surface area is 160 Å². The number of hydrogen-bond acceptors (Lipinski definition) is 4. The second-order valence-electron chi connectivity index (χ2n) is 7.98. The summed E-state index contributed by atoms with van der Waals surface area (Å²) in [5.74, 6) is 1.61. The number of benzene rings is 1. The van der Waals surface area contributed by atoms with Gasteiger partial charge in [-0.3, -0.25) is 4.79 Å². The zero-order chi connectivity index (χ0) is 18.6. The van der Waals surface area contributed by atoms with Crippen LogP contribution in [0.3, 0.4) is 0 Å². The Kier molecular flexibility index (Phi) is 5.58. The molecule has 1 amide bonds. The molecule has 5 heteroatoms. The summed E-state index contributed by atoms with van der Waals surface area (Å²) in [6.07, 6.45) is 8.67. The molecule has 27 heavy (non-hydrogen) atoms. The van der Waals surface area contributed by atoms with Crippen molar-refractivity contribution >= 4 is 11.6 Å². The molecule has 1 aliphatic carbocycles. The number of aryl methyl sites for hydroxylation is 1. The van der Waals surface area contributed by atoms with Gasteiger partial charge in [0.05, 0.1) is 0 Å². The lowest BCUT2D eigenvalue weighted by molar-refractivity contribution is 0.101. The summed E-state index contributed by atoms with van der Waals surface area (Å²) < 4.78 is 5.05. The fourth-order valence-electron chi connectivity index (χ4n) is 4.52. The van der Waals surface area contributed by atoms with Crippen LogP contribution in [-0.2, 0) is 0 Å². The second kappa shape index (κ2) is 8.26. The molecule has 1 aromatic heterocycles. The number of carbonyl (C=O) groups excluding carboxylic acids is 1. The van der Waals surface area contributed by atoms with Crippen LogP contribution in [0.1, 0.15) is 84.2 Å². The van der Waals surface area contributed by atoms with Crippen LogP contribution in [0.15, 0.2) is 28.8 Å². The SMILES string of the molecule is Cc1cc(C(=O)Nc2ccc(C3CCNCC3)cc2C2CCCCC2)no1. The van der Waals surface area contributed by atoms with E-state index in [1.807, 2.05) is 0 Å². The molecule has 1 saturated heterocycles. The van der Waals surface area contributed by atoms with Crippen molar-refractivity contribution in [1.29, 1.82) is 0 Å². The first kappa shape index (κ1) is 18.2. The van der Waals surface area contributed by atoms with Crippen LogP contribution in [0.4, 0.5) is 5.69 Å². The van der Waals surface area contributed by atoms with Gasteiger partial charge >= 0.3 is 0 Å². The van der Waals surface area contributed by atoms with Crippen molar-refractivity contribution < 1.29 is 9.32 Å². The van der Waals surface area contributed by atoms with Gasteiger partial charge in [0.25, 0.3) is 5.91 Å². The van der Waals surface area contributed by atoms with Crippen molar-refractivity contribution in [2.75, 3.05) is 18.4 Å². The molecule has 144 valence electrons. The van der Waals surface area contributed by atoms with Gasteiger partial charge in [-0.1, -0.05) is 36.6 Å². The molecule has 0 atom stereocenters. The molecule has 4 rings (SSSR count). The number of carbonyl (C=O) groups is 1. The van der Waals surface area contributed by atoms with Gasteiger partial charge < -0.3 is 15.2 Å². The summed E-state index contributed by atoms with van der Waals surface area (Å²) in [6, 6.07) is 8.35. The highest BCUT2D eigenvalue weighted by atomic mass is 16.5. The van der Waals surface area contributed by atoms with E-state index in [0.29, 0.717) is 23.3 Å². The molecule has 1 aliphatic heterocycles. The average molecular weight is 367 g/mol. The number of piperidine rings is 1. The minimum absolute atomic E-state index is 0.196. The Morgan fingerprint density at radius 2 is 1.85 bits per heavy atom. The first-order valence-corrected chi connectivity index (χ1v) is 10.3. The number of rotatable bonds is 4. The molecule has 2 aliphatic rings. The smallest absolute Gasteiger partial charge is 0.277 e. The number of nitrogens with one attached hydrogen (secondary N) is 2. The Morgan fingerprint density at radius 1 is 1.07 bits per heavy atom. The molecule has 0 unspecified atom stereocenters. The largest absolute Gasteiger partial charge is 0.361 e. The quantitative estimate of drug-likeness (QED) is 0.818. The van der Waals surface area contributed by atoms with E-state index in [4.69, 9.17) is 4.52 Å². The topological polar surface area (TPSA) is 67.2 Å². The molecule has 5 nitrogen and oxygen atoms in total. The first-order valence-electron chi connectivity index (χ1n) is 10.3. The third-order valence-electron chi connectivity index (χ3n) is 6.04. The lowest BCUT2D eigenvalue weighted by Gasteiger charge is -2.28. The van der Waals surface area contributed by atoms with Crippen LogP contribution in [-0.4, -0.2) is 24.2 Å². The summed E-state index contributed by atoms with van der Waals surface area (Å²) in [5, 5.41) is 10.4. The molecular formula is C22H29N3O2. The maximum Gasteiger partial charge on any atom is 0.277 e. The van der Waals surface area contributed by atoms with E-state index < -0.39 is 0 Å². The van der Waals surface area contributed by atoms with Gasteiger partial charge in [0.1, 0.15) is 5.76 Å². The predicted octanol–water partition coefficient (Wildman–Crippen LogP) is 4.75. The normalized spacial score (nSPS) is 19.1. The fourth-order valence-corrected chi connectivity index (χ4v) is 4.52. The van der Waals surface area contributed by atoms with Gasteiger partial charge in [0, 0.05) is 11.8 Å². The second-order valence-corrected chi connectivity index (χ2v) is 7.98. The van der Waals surface area contributed by atoms with E-state index >= 15 is 0 Å². The third kappa shape index (κ3) is 4.24. The summed E-state index contributed by atoms with van der Waals surface area (Å²) in [4.78, 5) is 12.6. The van der Waals surface area contributed by atoms with Crippen LogP contribution >= 0.6 is 0 Å². The van der Waals surface area contributed by atoms with E-state index in [1.54, 1.807) is 13.0 Å². The molecule has 2 aromatic rings. The highest BCUT2D eigenvalue weighted by molar-refractivity contribution is 6.03. The van der Waals surface area contributed by atoms with E-state index in [1.165, 1.54) is 56.1 Å². The summed E-state index contributed by atoms with van der Waals surface area (Å²) >= 11 is 0. The van der Waals surface area contributed by atoms with Gasteiger partial charge in [-0.25, -0.2) is 0 Å². The van der Waals surface area contributed by atoms with Crippen molar-refractivity contribution in [3.8, 4) is 0 Å². The summed E-state index contributed by atoms with van der Waals surface area (Å²) in [6.45, 7) is 3.98. The molecule has 0 radical (unpaired) electrons. The van der Waals surface area contributed by atoms with Crippen LogP contribution in [0.5, 0.6) is 0 Å². The van der Waals surface area contributed by atoms with Crippen molar-refractivity contribution in [3.05, 3.63) is 46.8 Å². The predicted molar refractivity (Wildman–Crippen MR) is 106 cm³/mol. The summed E-state index contributed by atoms with van der Waals surface area (Å²) in [7, 11) is 0.